The lowest BCUT2D eigenvalue weighted by Crippen LogP contribution is -2.49. The Morgan fingerprint density at radius 2 is 1.57 bits per heavy atom. The van der Waals surface area contributed by atoms with E-state index in [1.165, 1.54) is 35.5 Å². The second-order valence-corrected chi connectivity index (χ2v) is 11.9. The fourth-order valence-electron chi connectivity index (χ4n) is 3.53. The van der Waals surface area contributed by atoms with Gasteiger partial charge in [-0.25, -0.2) is 16.8 Å². The van der Waals surface area contributed by atoms with Crippen LogP contribution in [0.5, 0.6) is 5.75 Å². The van der Waals surface area contributed by atoms with E-state index in [-0.39, 0.29) is 17.2 Å². The van der Waals surface area contributed by atoms with Crippen molar-refractivity contribution in [2.75, 3.05) is 26.6 Å². The molecule has 1 aliphatic heterocycles. The Kier molecular flexibility index (Phi) is 6.73. The molecule has 1 atom stereocenters. The van der Waals surface area contributed by atoms with Gasteiger partial charge in [0.2, 0.25) is 10.0 Å². The number of nitrogens with one attached hydrogen (secondary N) is 2. The average Bonchev–Trinajstić information content (AvgIpc) is 2.85. The minimum absolute atomic E-state index is 0.0270. The fourth-order valence-corrected chi connectivity index (χ4v) is 5.72. The number of nitrogens with zero attached hydrogens (tertiary/aromatic N) is 1. The van der Waals surface area contributed by atoms with Crippen molar-refractivity contribution in [2.24, 2.45) is 0 Å². The minimum Gasteiger partial charge on any atom is -0.476 e. The number of hydrogen-bond donors (Lipinski definition) is 2. The molecule has 0 fully saturated rings. The summed E-state index contributed by atoms with van der Waals surface area (Å²) >= 11 is 0. The van der Waals surface area contributed by atoms with E-state index in [1.54, 1.807) is 48.5 Å². The third kappa shape index (κ3) is 5.41. The van der Waals surface area contributed by atoms with Gasteiger partial charge in [0.05, 0.1) is 22.9 Å². The molecule has 3 aromatic carbocycles. The lowest BCUT2D eigenvalue weighted by atomic mass is 10.2. The van der Waals surface area contributed by atoms with Crippen molar-refractivity contribution >= 4 is 43.0 Å². The molecule has 11 heteroatoms. The third-order valence-corrected chi connectivity index (χ3v) is 8.61. The molecule has 0 saturated heterocycles. The highest BCUT2D eigenvalue weighted by atomic mass is 32.2. The molecule has 1 unspecified atom stereocenters. The van der Waals surface area contributed by atoms with Crippen LogP contribution in [0.4, 0.5) is 17.1 Å². The van der Waals surface area contributed by atoms with Crippen molar-refractivity contribution < 1.29 is 26.4 Å². The first-order chi connectivity index (χ1) is 16.6. The lowest BCUT2D eigenvalue weighted by Gasteiger charge is -2.34. The predicted octanol–water partition coefficient (Wildman–Crippen LogP) is 3.35. The molecule has 0 bridgehead atoms. The van der Waals surface area contributed by atoms with E-state index in [1.807, 2.05) is 6.92 Å². The number of amides is 1. The van der Waals surface area contributed by atoms with Crippen LogP contribution in [0.3, 0.4) is 0 Å². The van der Waals surface area contributed by atoms with Crippen LogP contribution >= 0.6 is 0 Å². The number of anilines is 3. The normalized spacial score (nSPS) is 15.6. The van der Waals surface area contributed by atoms with Gasteiger partial charge in [0.25, 0.3) is 15.9 Å². The van der Waals surface area contributed by atoms with Crippen molar-refractivity contribution in [1.82, 2.24) is 0 Å². The standard InChI is InChI=1S/C24H25N3O6S2/c1-3-34(29,30)27-16-23(33-22-7-5-4-6-21(22)27)24(28)25-18-12-14-20(15-13-18)35(31,32)26-19-10-8-17(2)9-11-19/h4-15,23,26H,3,16H2,1-2H3,(H,25,28). The third-order valence-electron chi connectivity index (χ3n) is 5.46. The number of rotatable bonds is 7. The molecular formula is C24H25N3O6S2. The van der Waals surface area contributed by atoms with E-state index in [4.69, 9.17) is 4.74 Å². The zero-order chi connectivity index (χ0) is 25.2. The highest BCUT2D eigenvalue weighted by Crippen LogP contribution is 2.35. The van der Waals surface area contributed by atoms with Crippen LogP contribution in [0.2, 0.25) is 0 Å². The number of fused-ring (bicyclic) bond motifs is 1. The monoisotopic (exact) mass is 515 g/mol. The molecule has 0 saturated carbocycles. The minimum atomic E-state index is -3.81. The van der Waals surface area contributed by atoms with Gasteiger partial charge in [-0.05, 0) is 62.4 Å². The quantitative estimate of drug-likeness (QED) is 0.498. The maximum atomic E-state index is 12.9. The summed E-state index contributed by atoms with van der Waals surface area (Å²) in [4.78, 5) is 12.9. The summed E-state index contributed by atoms with van der Waals surface area (Å²) in [5.74, 6) is -0.383. The number of sulfonamides is 2. The molecule has 0 aliphatic carbocycles. The molecule has 4 rings (SSSR count). The molecule has 9 nitrogen and oxygen atoms in total. The van der Waals surface area contributed by atoms with Gasteiger partial charge in [-0.1, -0.05) is 29.8 Å². The van der Waals surface area contributed by atoms with Crippen LogP contribution in [0.1, 0.15) is 12.5 Å². The molecule has 0 radical (unpaired) electrons. The molecule has 1 heterocycles. The molecule has 184 valence electrons. The lowest BCUT2D eigenvalue weighted by molar-refractivity contribution is -0.122. The predicted molar refractivity (Wildman–Crippen MR) is 135 cm³/mol. The Labute approximate surface area is 204 Å². The van der Waals surface area contributed by atoms with Crippen LogP contribution in [-0.2, 0) is 24.8 Å². The van der Waals surface area contributed by atoms with Crippen LogP contribution < -0.4 is 19.1 Å². The summed E-state index contributed by atoms with van der Waals surface area (Å²) < 4.78 is 60.0. The van der Waals surface area contributed by atoms with Gasteiger partial charge < -0.3 is 10.1 Å². The first-order valence-electron chi connectivity index (χ1n) is 10.9. The Bertz CT molecular complexity index is 1440. The van der Waals surface area contributed by atoms with Crippen molar-refractivity contribution in [3.8, 4) is 5.75 Å². The first kappa shape index (κ1) is 24.6. The fraction of sp³-hybridized carbons (Fsp3) is 0.208. The topological polar surface area (TPSA) is 122 Å². The molecule has 35 heavy (non-hydrogen) atoms. The van der Waals surface area contributed by atoms with E-state index in [2.05, 4.69) is 10.0 Å². The molecule has 2 N–H and O–H groups in total. The van der Waals surface area contributed by atoms with Crippen LogP contribution in [0, 0.1) is 6.92 Å². The summed E-state index contributed by atoms with van der Waals surface area (Å²) in [5.41, 5.74) is 2.17. The van der Waals surface area contributed by atoms with Gasteiger partial charge in [-0.2, -0.15) is 0 Å². The highest BCUT2D eigenvalue weighted by Gasteiger charge is 2.36. The van der Waals surface area contributed by atoms with E-state index in [9.17, 15) is 21.6 Å². The van der Waals surface area contributed by atoms with Gasteiger partial charge in [-0.3, -0.25) is 13.8 Å². The van der Waals surface area contributed by atoms with E-state index < -0.39 is 32.1 Å². The number of carbonyl (C=O) groups is 1. The van der Waals surface area contributed by atoms with Crippen LogP contribution in [0.25, 0.3) is 0 Å². The largest absolute Gasteiger partial charge is 0.476 e. The van der Waals surface area contributed by atoms with Gasteiger partial charge in [0.1, 0.15) is 5.75 Å². The zero-order valence-corrected chi connectivity index (χ0v) is 20.8. The summed E-state index contributed by atoms with van der Waals surface area (Å²) in [6, 6.07) is 19.2. The number of ether oxygens (including phenoxy) is 1. The number of carbonyl (C=O) groups excluding carboxylic acids is 1. The molecular weight excluding hydrogens is 490 g/mol. The molecule has 3 aromatic rings. The maximum Gasteiger partial charge on any atom is 0.267 e. The summed E-state index contributed by atoms with van der Waals surface area (Å²) in [6.45, 7) is 3.26. The zero-order valence-electron chi connectivity index (χ0n) is 19.1. The first-order valence-corrected chi connectivity index (χ1v) is 13.9. The van der Waals surface area contributed by atoms with Gasteiger partial charge in [0.15, 0.2) is 6.10 Å². The molecule has 1 amide bonds. The van der Waals surface area contributed by atoms with Gasteiger partial charge >= 0.3 is 0 Å². The van der Waals surface area contributed by atoms with Gasteiger partial charge in [0, 0.05) is 11.4 Å². The smallest absolute Gasteiger partial charge is 0.267 e. The van der Waals surface area contributed by atoms with Crippen LogP contribution in [-0.4, -0.2) is 41.1 Å². The second-order valence-electron chi connectivity index (χ2n) is 7.99. The van der Waals surface area contributed by atoms with Crippen molar-refractivity contribution in [3.63, 3.8) is 0 Å². The molecule has 0 spiro atoms. The second kappa shape index (κ2) is 9.59. The Hall–Kier alpha value is -3.57. The summed E-state index contributed by atoms with van der Waals surface area (Å²) in [5, 5.41) is 2.67. The SMILES string of the molecule is CCS(=O)(=O)N1CC(C(=O)Nc2ccc(S(=O)(=O)Nc3ccc(C)cc3)cc2)Oc2ccccc21. The average molecular weight is 516 g/mol. The Morgan fingerprint density at radius 1 is 0.943 bits per heavy atom. The van der Waals surface area contributed by atoms with E-state index >= 15 is 0 Å². The highest BCUT2D eigenvalue weighted by molar-refractivity contribution is 7.93. The summed E-state index contributed by atoms with van der Waals surface area (Å²) in [7, 11) is -7.44. The van der Waals surface area contributed by atoms with Crippen molar-refractivity contribution in [1.29, 1.82) is 0 Å². The number of aryl methyl sites for hydroxylation is 1. The Balaban J connectivity index is 1.48. The van der Waals surface area contributed by atoms with E-state index in [0.717, 1.165) is 5.56 Å². The molecule has 1 aliphatic rings. The maximum absolute atomic E-state index is 12.9. The molecule has 0 aromatic heterocycles. The van der Waals surface area contributed by atoms with E-state index in [0.29, 0.717) is 22.8 Å². The number of hydrogen-bond acceptors (Lipinski definition) is 6. The van der Waals surface area contributed by atoms with Crippen LogP contribution in [0.15, 0.2) is 77.7 Å². The van der Waals surface area contributed by atoms with Crippen molar-refractivity contribution in [3.05, 3.63) is 78.4 Å². The van der Waals surface area contributed by atoms with Gasteiger partial charge in [-0.15, -0.1) is 0 Å². The Morgan fingerprint density at radius 3 is 2.23 bits per heavy atom. The number of para-hydroxylation sites is 2. The number of benzene rings is 3. The summed E-state index contributed by atoms with van der Waals surface area (Å²) in [6.07, 6.45) is -1.09. The van der Waals surface area contributed by atoms with Crippen molar-refractivity contribution in [2.45, 2.75) is 24.8 Å².